The van der Waals surface area contributed by atoms with Crippen LogP contribution in [0.15, 0.2) is 35.5 Å². The second-order valence-corrected chi connectivity index (χ2v) is 6.56. The van der Waals surface area contributed by atoms with Gasteiger partial charge in [0.1, 0.15) is 4.90 Å². The van der Waals surface area contributed by atoms with Crippen LogP contribution in [-0.2, 0) is 16.4 Å². The molecule has 2 heterocycles. The van der Waals surface area contributed by atoms with Gasteiger partial charge in [0.25, 0.3) is 10.0 Å². The van der Waals surface area contributed by atoms with Gasteiger partial charge in [-0.05, 0) is 30.9 Å². The van der Waals surface area contributed by atoms with E-state index in [-0.39, 0.29) is 4.90 Å². The number of anilines is 1. The number of hydrogen-bond donors (Lipinski definition) is 1. The number of aryl methyl sites for hydroxylation is 2. The zero-order valence-corrected chi connectivity index (χ0v) is 11.4. The van der Waals surface area contributed by atoms with Gasteiger partial charge in [-0.2, -0.15) is 5.10 Å². The summed E-state index contributed by atoms with van der Waals surface area (Å²) in [7, 11) is -3.52. The lowest BCUT2D eigenvalue weighted by atomic mass is 10.0. The number of benzene rings is 1. The zero-order valence-electron chi connectivity index (χ0n) is 10.6. The highest BCUT2D eigenvalue weighted by Crippen LogP contribution is 2.34. The third kappa shape index (κ3) is 1.92. The molecule has 0 spiro atoms. The summed E-state index contributed by atoms with van der Waals surface area (Å²) in [4.78, 5) is 0.212. The molecule has 1 aliphatic rings. The lowest BCUT2D eigenvalue weighted by Crippen LogP contribution is -2.35. The van der Waals surface area contributed by atoms with Crippen molar-refractivity contribution in [3.05, 3.63) is 41.7 Å². The maximum atomic E-state index is 12.6. The molecular weight excluding hydrogens is 262 g/mol. The minimum Gasteiger partial charge on any atom is -0.284 e. The summed E-state index contributed by atoms with van der Waals surface area (Å²) in [6.45, 7) is 2.47. The predicted octanol–water partition coefficient (Wildman–Crippen LogP) is 1.86. The Bertz CT molecular complexity index is 693. The molecular formula is C13H15N3O2S. The highest BCUT2D eigenvalue weighted by atomic mass is 32.2. The smallest absolute Gasteiger partial charge is 0.267 e. The summed E-state index contributed by atoms with van der Waals surface area (Å²) in [5.74, 6) is 0. The van der Waals surface area contributed by atoms with Crippen molar-refractivity contribution in [2.45, 2.75) is 24.7 Å². The molecule has 0 amide bonds. The normalized spacial score (nSPS) is 15.3. The van der Waals surface area contributed by atoms with E-state index in [2.05, 4.69) is 10.2 Å². The van der Waals surface area contributed by atoms with Crippen molar-refractivity contribution in [2.75, 3.05) is 10.8 Å². The zero-order chi connectivity index (χ0) is 13.5. The van der Waals surface area contributed by atoms with Gasteiger partial charge >= 0.3 is 0 Å². The SMILES string of the molecule is Cc1cccc2c1N(S(=O)(=O)c1cn[nH]c1)CCC2. The van der Waals surface area contributed by atoms with E-state index in [1.54, 1.807) is 0 Å². The first-order valence-corrected chi connectivity index (χ1v) is 7.65. The Morgan fingerprint density at radius 2 is 2.21 bits per heavy atom. The molecule has 100 valence electrons. The Kier molecular flexibility index (Phi) is 2.82. The fourth-order valence-electron chi connectivity index (χ4n) is 2.55. The van der Waals surface area contributed by atoms with E-state index in [0.717, 1.165) is 29.7 Å². The van der Waals surface area contributed by atoms with E-state index in [0.29, 0.717) is 6.54 Å². The fourth-order valence-corrected chi connectivity index (χ4v) is 4.06. The number of fused-ring (bicyclic) bond motifs is 1. The third-order valence-corrected chi connectivity index (χ3v) is 5.20. The van der Waals surface area contributed by atoms with Crippen molar-refractivity contribution in [3.63, 3.8) is 0 Å². The summed E-state index contributed by atoms with van der Waals surface area (Å²) < 4.78 is 26.8. The second-order valence-electron chi connectivity index (χ2n) is 4.70. The van der Waals surface area contributed by atoms with Gasteiger partial charge in [0.2, 0.25) is 0 Å². The Hall–Kier alpha value is -1.82. The van der Waals surface area contributed by atoms with E-state index < -0.39 is 10.0 Å². The summed E-state index contributed by atoms with van der Waals surface area (Å²) in [5, 5.41) is 6.29. The van der Waals surface area contributed by atoms with Gasteiger partial charge in [-0.15, -0.1) is 0 Å². The van der Waals surface area contributed by atoms with Gasteiger partial charge in [0.15, 0.2) is 0 Å². The van der Waals surface area contributed by atoms with Crippen molar-refractivity contribution in [2.24, 2.45) is 0 Å². The molecule has 0 aliphatic carbocycles. The van der Waals surface area contributed by atoms with Gasteiger partial charge < -0.3 is 0 Å². The van der Waals surface area contributed by atoms with Gasteiger partial charge in [0.05, 0.1) is 11.9 Å². The predicted molar refractivity (Wildman–Crippen MR) is 72.6 cm³/mol. The minimum atomic E-state index is -3.52. The second kappa shape index (κ2) is 4.38. The van der Waals surface area contributed by atoms with Crippen molar-refractivity contribution in [1.82, 2.24) is 10.2 Å². The average Bonchev–Trinajstić information content (AvgIpc) is 2.93. The van der Waals surface area contributed by atoms with Gasteiger partial charge in [-0.25, -0.2) is 8.42 Å². The average molecular weight is 277 g/mol. The molecule has 0 saturated heterocycles. The number of aromatic nitrogens is 2. The van der Waals surface area contributed by atoms with Crippen LogP contribution in [0.1, 0.15) is 17.5 Å². The summed E-state index contributed by atoms with van der Waals surface area (Å²) >= 11 is 0. The molecule has 2 aromatic rings. The monoisotopic (exact) mass is 277 g/mol. The van der Waals surface area contributed by atoms with E-state index in [1.165, 1.54) is 16.7 Å². The molecule has 1 aliphatic heterocycles. The van der Waals surface area contributed by atoms with Crippen molar-refractivity contribution in [3.8, 4) is 0 Å². The maximum absolute atomic E-state index is 12.6. The number of hydrogen-bond acceptors (Lipinski definition) is 3. The Morgan fingerprint density at radius 1 is 1.37 bits per heavy atom. The number of aromatic amines is 1. The lowest BCUT2D eigenvalue weighted by Gasteiger charge is -2.31. The number of H-pyrrole nitrogens is 1. The van der Waals surface area contributed by atoms with Crippen LogP contribution in [0.5, 0.6) is 0 Å². The molecule has 0 unspecified atom stereocenters. The largest absolute Gasteiger partial charge is 0.284 e. The van der Waals surface area contributed by atoms with Crippen molar-refractivity contribution in [1.29, 1.82) is 0 Å². The van der Waals surface area contributed by atoms with Crippen LogP contribution in [0, 0.1) is 6.92 Å². The van der Waals surface area contributed by atoms with Crippen LogP contribution in [0.4, 0.5) is 5.69 Å². The standard InChI is InChI=1S/C13H15N3O2S/c1-10-4-2-5-11-6-3-7-16(13(10)11)19(17,18)12-8-14-15-9-12/h2,4-5,8-9H,3,6-7H2,1H3,(H,14,15). The Labute approximate surface area is 112 Å². The van der Waals surface area contributed by atoms with Gasteiger partial charge in [-0.3, -0.25) is 9.40 Å². The third-order valence-electron chi connectivity index (χ3n) is 3.44. The quantitative estimate of drug-likeness (QED) is 0.911. The van der Waals surface area contributed by atoms with E-state index in [1.807, 2.05) is 25.1 Å². The molecule has 6 heteroatoms. The molecule has 3 rings (SSSR count). The summed E-state index contributed by atoms with van der Waals surface area (Å²) in [6, 6.07) is 5.92. The summed E-state index contributed by atoms with van der Waals surface area (Å²) in [5.41, 5.74) is 2.91. The van der Waals surface area contributed by atoms with Crippen LogP contribution in [0.25, 0.3) is 0 Å². The Morgan fingerprint density at radius 3 is 2.95 bits per heavy atom. The molecule has 0 fully saturated rings. The number of nitrogens with one attached hydrogen (secondary N) is 1. The van der Waals surface area contributed by atoms with E-state index in [4.69, 9.17) is 0 Å². The molecule has 1 aromatic heterocycles. The van der Waals surface area contributed by atoms with Crippen molar-refractivity contribution >= 4 is 15.7 Å². The fraction of sp³-hybridized carbons (Fsp3) is 0.308. The highest BCUT2D eigenvalue weighted by Gasteiger charge is 2.30. The van der Waals surface area contributed by atoms with Crippen LogP contribution < -0.4 is 4.31 Å². The molecule has 0 saturated carbocycles. The molecule has 19 heavy (non-hydrogen) atoms. The maximum Gasteiger partial charge on any atom is 0.267 e. The van der Waals surface area contributed by atoms with Gasteiger partial charge in [0, 0.05) is 12.7 Å². The molecule has 5 nitrogen and oxygen atoms in total. The molecule has 1 N–H and O–H groups in total. The number of rotatable bonds is 2. The topological polar surface area (TPSA) is 66.1 Å². The molecule has 0 atom stereocenters. The van der Waals surface area contributed by atoms with Crippen LogP contribution in [0.2, 0.25) is 0 Å². The molecule has 0 bridgehead atoms. The first-order valence-electron chi connectivity index (χ1n) is 6.21. The number of sulfonamides is 1. The van der Waals surface area contributed by atoms with Gasteiger partial charge in [-0.1, -0.05) is 18.2 Å². The summed E-state index contributed by atoms with van der Waals surface area (Å²) in [6.07, 6.45) is 4.53. The van der Waals surface area contributed by atoms with Crippen LogP contribution in [0.3, 0.4) is 0 Å². The highest BCUT2D eigenvalue weighted by molar-refractivity contribution is 7.92. The van der Waals surface area contributed by atoms with Crippen molar-refractivity contribution < 1.29 is 8.42 Å². The number of para-hydroxylation sites is 1. The van der Waals surface area contributed by atoms with Crippen LogP contribution in [-0.4, -0.2) is 25.2 Å². The first-order chi connectivity index (χ1) is 9.10. The Balaban J connectivity index is 2.15. The van der Waals surface area contributed by atoms with Crippen LogP contribution >= 0.6 is 0 Å². The first kappa shape index (κ1) is 12.2. The number of nitrogens with zero attached hydrogens (tertiary/aromatic N) is 2. The van der Waals surface area contributed by atoms with E-state index >= 15 is 0 Å². The minimum absolute atomic E-state index is 0.212. The molecule has 0 radical (unpaired) electrons. The van der Waals surface area contributed by atoms with E-state index in [9.17, 15) is 8.42 Å². The lowest BCUT2D eigenvalue weighted by molar-refractivity contribution is 0.586. The molecule has 1 aromatic carbocycles.